The summed E-state index contributed by atoms with van der Waals surface area (Å²) < 4.78 is 2.58. The van der Waals surface area contributed by atoms with E-state index in [0.717, 1.165) is 10.2 Å². The van der Waals surface area contributed by atoms with Crippen LogP contribution >= 0.6 is 15.9 Å². The number of nitrogens with zero attached hydrogens (tertiary/aromatic N) is 1. The molecule has 0 aromatic carbocycles. The molecule has 2 fully saturated rings. The Morgan fingerprint density at radius 1 is 1.40 bits per heavy atom. The van der Waals surface area contributed by atoms with Gasteiger partial charge in [-0.3, -0.25) is 9.89 Å². The minimum absolute atomic E-state index is 0.122. The highest BCUT2D eigenvalue weighted by molar-refractivity contribution is 9.10. The standard InChI is InChI=1S/C11H15BrN2O/c1-6(7-2-3-7)14-11(15)9(12)10(13-14)8-4-5-8/h6-8,13H,2-5H2,1H3. The van der Waals surface area contributed by atoms with E-state index in [9.17, 15) is 4.79 Å². The maximum absolute atomic E-state index is 12.0. The van der Waals surface area contributed by atoms with Crippen LogP contribution in [0, 0.1) is 5.92 Å². The van der Waals surface area contributed by atoms with Crippen LogP contribution in [0.25, 0.3) is 0 Å². The third-order valence-corrected chi connectivity index (χ3v) is 4.35. The van der Waals surface area contributed by atoms with E-state index in [2.05, 4.69) is 28.0 Å². The first-order valence-electron chi connectivity index (χ1n) is 5.68. The number of H-pyrrole nitrogens is 1. The summed E-state index contributed by atoms with van der Waals surface area (Å²) in [7, 11) is 0. The molecule has 0 bridgehead atoms. The lowest BCUT2D eigenvalue weighted by Crippen LogP contribution is -2.22. The Balaban J connectivity index is 1.99. The van der Waals surface area contributed by atoms with Crippen LogP contribution in [-0.2, 0) is 0 Å². The van der Waals surface area contributed by atoms with Gasteiger partial charge in [-0.15, -0.1) is 0 Å². The summed E-state index contributed by atoms with van der Waals surface area (Å²) in [5, 5.41) is 3.29. The number of hydrogen-bond acceptors (Lipinski definition) is 1. The quantitative estimate of drug-likeness (QED) is 0.901. The third-order valence-electron chi connectivity index (χ3n) is 3.58. The zero-order valence-electron chi connectivity index (χ0n) is 8.79. The molecule has 0 aliphatic heterocycles. The maximum atomic E-state index is 12.0. The summed E-state index contributed by atoms with van der Waals surface area (Å²) in [5.41, 5.74) is 1.24. The molecule has 1 aromatic heterocycles. The summed E-state index contributed by atoms with van der Waals surface area (Å²) in [5.74, 6) is 1.31. The number of halogens is 1. The van der Waals surface area contributed by atoms with Gasteiger partial charge in [0.2, 0.25) is 0 Å². The molecule has 1 heterocycles. The first kappa shape index (κ1) is 9.70. The Kier molecular flexibility index (Phi) is 2.09. The van der Waals surface area contributed by atoms with Crippen LogP contribution in [0.15, 0.2) is 9.27 Å². The van der Waals surface area contributed by atoms with Crippen LogP contribution < -0.4 is 5.56 Å². The lowest BCUT2D eigenvalue weighted by Gasteiger charge is -2.10. The Labute approximate surface area is 97.0 Å². The number of nitrogens with one attached hydrogen (secondary N) is 1. The number of aromatic nitrogens is 2. The Hall–Kier alpha value is -0.510. The second-order valence-corrected chi connectivity index (χ2v) is 5.66. The normalized spacial score (nSPS) is 23.1. The van der Waals surface area contributed by atoms with Crippen molar-refractivity contribution in [2.24, 2.45) is 5.92 Å². The van der Waals surface area contributed by atoms with E-state index >= 15 is 0 Å². The monoisotopic (exact) mass is 270 g/mol. The average molecular weight is 271 g/mol. The summed E-state index contributed by atoms with van der Waals surface area (Å²) in [6, 6.07) is 0.335. The molecular weight excluding hydrogens is 256 g/mol. The van der Waals surface area contributed by atoms with Crippen molar-refractivity contribution in [3.05, 3.63) is 20.5 Å². The van der Waals surface area contributed by atoms with E-state index in [1.165, 1.54) is 25.7 Å². The Bertz CT molecular complexity index is 440. The zero-order chi connectivity index (χ0) is 10.6. The van der Waals surface area contributed by atoms with Gasteiger partial charge in [0.1, 0.15) is 4.47 Å². The zero-order valence-corrected chi connectivity index (χ0v) is 10.4. The van der Waals surface area contributed by atoms with Crippen molar-refractivity contribution in [2.45, 2.75) is 44.6 Å². The van der Waals surface area contributed by atoms with Crippen LogP contribution in [0.2, 0.25) is 0 Å². The first-order chi connectivity index (χ1) is 7.18. The second-order valence-electron chi connectivity index (χ2n) is 4.87. The molecule has 0 radical (unpaired) electrons. The Morgan fingerprint density at radius 2 is 2.07 bits per heavy atom. The fourth-order valence-corrected chi connectivity index (χ4v) is 2.77. The van der Waals surface area contributed by atoms with Crippen LogP contribution in [-0.4, -0.2) is 9.78 Å². The van der Waals surface area contributed by atoms with Crippen molar-refractivity contribution in [3.8, 4) is 0 Å². The van der Waals surface area contributed by atoms with Crippen LogP contribution in [0.1, 0.15) is 50.3 Å². The van der Waals surface area contributed by atoms with Crippen molar-refractivity contribution in [2.75, 3.05) is 0 Å². The van der Waals surface area contributed by atoms with Gasteiger partial charge in [0.25, 0.3) is 5.56 Å². The fraction of sp³-hybridized carbons (Fsp3) is 0.727. The molecule has 15 heavy (non-hydrogen) atoms. The highest BCUT2D eigenvalue weighted by Gasteiger charge is 2.34. The number of hydrogen-bond donors (Lipinski definition) is 1. The van der Waals surface area contributed by atoms with Crippen molar-refractivity contribution >= 4 is 15.9 Å². The summed E-state index contributed by atoms with van der Waals surface area (Å²) in [4.78, 5) is 12.0. The van der Waals surface area contributed by atoms with E-state index in [1.807, 2.05) is 4.68 Å². The van der Waals surface area contributed by atoms with Gasteiger partial charge in [-0.05, 0) is 54.5 Å². The first-order valence-corrected chi connectivity index (χ1v) is 6.47. The molecule has 4 heteroatoms. The van der Waals surface area contributed by atoms with E-state index in [0.29, 0.717) is 17.9 Å². The van der Waals surface area contributed by atoms with Crippen LogP contribution in [0.4, 0.5) is 0 Å². The average Bonchev–Trinajstić information content (AvgIpc) is 3.09. The molecule has 1 atom stereocenters. The lowest BCUT2D eigenvalue weighted by atomic mass is 10.2. The minimum atomic E-state index is 0.122. The van der Waals surface area contributed by atoms with Gasteiger partial charge in [0.15, 0.2) is 0 Å². The molecule has 1 unspecified atom stereocenters. The molecule has 2 saturated carbocycles. The molecule has 82 valence electrons. The molecule has 3 rings (SSSR count). The van der Waals surface area contributed by atoms with E-state index in [4.69, 9.17) is 0 Å². The van der Waals surface area contributed by atoms with Gasteiger partial charge in [-0.25, -0.2) is 4.68 Å². The van der Waals surface area contributed by atoms with Gasteiger partial charge >= 0.3 is 0 Å². The number of rotatable bonds is 3. The van der Waals surface area contributed by atoms with Gasteiger partial charge < -0.3 is 0 Å². The smallest absolute Gasteiger partial charge is 0.281 e. The molecular formula is C11H15BrN2O. The molecule has 3 nitrogen and oxygen atoms in total. The van der Waals surface area contributed by atoms with Gasteiger partial charge in [0.05, 0.1) is 11.7 Å². The molecule has 2 aliphatic carbocycles. The summed E-state index contributed by atoms with van der Waals surface area (Å²) >= 11 is 3.41. The van der Waals surface area contributed by atoms with Crippen molar-refractivity contribution in [1.29, 1.82) is 0 Å². The summed E-state index contributed by atoms with van der Waals surface area (Å²) in [6.45, 7) is 2.14. The molecule has 2 aliphatic rings. The molecule has 1 aromatic rings. The maximum Gasteiger partial charge on any atom is 0.281 e. The van der Waals surface area contributed by atoms with Crippen molar-refractivity contribution in [3.63, 3.8) is 0 Å². The van der Waals surface area contributed by atoms with Crippen molar-refractivity contribution < 1.29 is 0 Å². The van der Waals surface area contributed by atoms with E-state index < -0.39 is 0 Å². The molecule has 0 saturated heterocycles. The van der Waals surface area contributed by atoms with Gasteiger partial charge in [0, 0.05) is 5.92 Å². The van der Waals surface area contributed by atoms with E-state index in [-0.39, 0.29) is 5.56 Å². The van der Waals surface area contributed by atoms with Gasteiger partial charge in [-0.2, -0.15) is 0 Å². The van der Waals surface area contributed by atoms with Gasteiger partial charge in [-0.1, -0.05) is 0 Å². The molecule has 0 spiro atoms. The summed E-state index contributed by atoms with van der Waals surface area (Å²) in [6.07, 6.45) is 4.97. The second kappa shape index (κ2) is 3.24. The molecule has 1 N–H and O–H groups in total. The lowest BCUT2D eigenvalue weighted by molar-refractivity contribution is 0.426. The molecule has 0 amide bonds. The fourth-order valence-electron chi connectivity index (χ4n) is 2.17. The predicted octanol–water partition coefficient (Wildman–Crippen LogP) is 2.79. The minimum Gasteiger partial charge on any atom is -0.298 e. The van der Waals surface area contributed by atoms with Crippen molar-refractivity contribution in [1.82, 2.24) is 9.78 Å². The van der Waals surface area contributed by atoms with Crippen LogP contribution in [0.3, 0.4) is 0 Å². The topological polar surface area (TPSA) is 37.8 Å². The highest BCUT2D eigenvalue weighted by Crippen LogP contribution is 2.43. The number of aromatic amines is 1. The van der Waals surface area contributed by atoms with E-state index in [1.54, 1.807) is 0 Å². The van der Waals surface area contributed by atoms with Crippen LogP contribution in [0.5, 0.6) is 0 Å². The third kappa shape index (κ3) is 1.59. The SMILES string of the molecule is CC(C1CC1)n1[nH]c(C2CC2)c(Br)c1=O. The predicted molar refractivity (Wildman–Crippen MR) is 62.2 cm³/mol. The highest BCUT2D eigenvalue weighted by atomic mass is 79.9. The largest absolute Gasteiger partial charge is 0.298 e. The Morgan fingerprint density at radius 3 is 2.60 bits per heavy atom.